The zero-order valence-corrected chi connectivity index (χ0v) is 10.5. The fourth-order valence-corrected chi connectivity index (χ4v) is 1.97. The van der Waals surface area contributed by atoms with Crippen LogP contribution in [0.1, 0.15) is 16.7 Å². The third-order valence-electron chi connectivity index (χ3n) is 3.00. The summed E-state index contributed by atoms with van der Waals surface area (Å²) in [5.74, 6) is 0.256. The molecule has 0 heterocycles. The smallest absolute Gasteiger partial charge is 0.115 e. The van der Waals surface area contributed by atoms with Gasteiger partial charge in [0.1, 0.15) is 5.75 Å². The minimum atomic E-state index is -0.391. The maximum atomic E-state index is 10.0. The van der Waals surface area contributed by atoms with Gasteiger partial charge in [0.2, 0.25) is 0 Å². The third kappa shape index (κ3) is 3.60. The highest BCUT2D eigenvalue weighted by molar-refractivity contribution is 5.27. The number of hydrogen-bond donors (Lipinski definition) is 2. The molecule has 1 atom stereocenters. The van der Waals surface area contributed by atoms with Crippen LogP contribution in [-0.4, -0.2) is 16.3 Å². The predicted octanol–water partition coefficient (Wildman–Crippen LogP) is 2.85. The second kappa shape index (κ2) is 5.69. The number of phenols is 1. The molecule has 2 aromatic carbocycles. The van der Waals surface area contributed by atoms with E-state index in [-0.39, 0.29) is 5.75 Å². The largest absolute Gasteiger partial charge is 0.508 e. The zero-order chi connectivity index (χ0) is 13.0. The molecule has 1 unspecified atom stereocenters. The number of aliphatic hydroxyl groups excluding tert-OH is 1. The molecule has 0 aliphatic carbocycles. The average molecular weight is 242 g/mol. The molecule has 0 spiro atoms. The summed E-state index contributed by atoms with van der Waals surface area (Å²) in [6, 6.07) is 15.2. The van der Waals surface area contributed by atoms with E-state index in [1.165, 1.54) is 5.56 Å². The average Bonchev–Trinajstić information content (AvgIpc) is 2.35. The monoisotopic (exact) mass is 242 g/mol. The molecule has 2 rings (SSSR count). The highest BCUT2D eigenvalue weighted by Gasteiger charge is 2.07. The van der Waals surface area contributed by atoms with E-state index in [0.717, 1.165) is 11.1 Å². The van der Waals surface area contributed by atoms with Crippen molar-refractivity contribution in [1.82, 2.24) is 0 Å². The molecule has 2 aromatic rings. The summed E-state index contributed by atoms with van der Waals surface area (Å²) in [4.78, 5) is 0. The van der Waals surface area contributed by atoms with Crippen LogP contribution in [0.4, 0.5) is 0 Å². The van der Waals surface area contributed by atoms with Gasteiger partial charge >= 0.3 is 0 Å². The van der Waals surface area contributed by atoms with Crippen LogP contribution >= 0.6 is 0 Å². The first kappa shape index (κ1) is 12.7. The highest BCUT2D eigenvalue weighted by atomic mass is 16.3. The van der Waals surface area contributed by atoms with E-state index in [0.29, 0.717) is 12.8 Å². The van der Waals surface area contributed by atoms with Gasteiger partial charge in [-0.1, -0.05) is 42.0 Å². The second-order valence-corrected chi connectivity index (χ2v) is 4.71. The van der Waals surface area contributed by atoms with Gasteiger partial charge in [-0.15, -0.1) is 0 Å². The van der Waals surface area contributed by atoms with E-state index in [1.54, 1.807) is 12.1 Å². The summed E-state index contributed by atoms with van der Waals surface area (Å²) in [6.07, 6.45) is 0.868. The van der Waals surface area contributed by atoms with E-state index in [2.05, 4.69) is 31.2 Å². The van der Waals surface area contributed by atoms with Crippen LogP contribution in [0.5, 0.6) is 5.75 Å². The molecule has 0 fully saturated rings. The van der Waals surface area contributed by atoms with Crippen LogP contribution in [0.3, 0.4) is 0 Å². The van der Waals surface area contributed by atoms with Crippen molar-refractivity contribution in [2.24, 2.45) is 0 Å². The Balaban J connectivity index is 1.94. The summed E-state index contributed by atoms with van der Waals surface area (Å²) in [6.45, 7) is 2.05. The Kier molecular flexibility index (Phi) is 4.00. The van der Waals surface area contributed by atoms with Crippen molar-refractivity contribution in [3.05, 3.63) is 65.2 Å². The Labute approximate surface area is 108 Å². The molecular weight excluding hydrogens is 224 g/mol. The molecule has 0 aliphatic heterocycles. The van der Waals surface area contributed by atoms with Crippen molar-refractivity contribution in [3.63, 3.8) is 0 Å². The van der Waals surface area contributed by atoms with E-state index in [4.69, 9.17) is 0 Å². The van der Waals surface area contributed by atoms with Crippen molar-refractivity contribution < 1.29 is 10.2 Å². The third-order valence-corrected chi connectivity index (χ3v) is 3.00. The molecule has 0 amide bonds. The number of rotatable bonds is 4. The van der Waals surface area contributed by atoms with E-state index >= 15 is 0 Å². The summed E-state index contributed by atoms with van der Waals surface area (Å²) < 4.78 is 0. The van der Waals surface area contributed by atoms with Crippen LogP contribution in [0, 0.1) is 6.92 Å². The Morgan fingerprint density at radius 2 is 1.28 bits per heavy atom. The van der Waals surface area contributed by atoms with Crippen molar-refractivity contribution in [3.8, 4) is 5.75 Å². The molecular formula is C16H18O2. The van der Waals surface area contributed by atoms with Gasteiger partial charge in [0.25, 0.3) is 0 Å². The van der Waals surface area contributed by atoms with Crippen LogP contribution < -0.4 is 0 Å². The lowest BCUT2D eigenvalue weighted by molar-refractivity contribution is 0.175. The SMILES string of the molecule is Cc1ccc(CC(O)Cc2ccc(O)cc2)cc1. The van der Waals surface area contributed by atoms with Gasteiger partial charge in [0.15, 0.2) is 0 Å². The number of aromatic hydroxyl groups is 1. The summed E-state index contributed by atoms with van der Waals surface area (Å²) in [5.41, 5.74) is 3.41. The first-order valence-corrected chi connectivity index (χ1v) is 6.15. The summed E-state index contributed by atoms with van der Waals surface area (Å²) >= 11 is 0. The molecule has 0 saturated heterocycles. The molecule has 0 radical (unpaired) electrons. The number of aryl methyl sites for hydroxylation is 1. The molecule has 2 N–H and O–H groups in total. The van der Waals surface area contributed by atoms with E-state index in [1.807, 2.05) is 12.1 Å². The second-order valence-electron chi connectivity index (χ2n) is 4.71. The standard InChI is InChI=1S/C16H18O2/c1-12-2-4-13(5-3-12)10-16(18)11-14-6-8-15(17)9-7-14/h2-9,16-18H,10-11H2,1H3. The van der Waals surface area contributed by atoms with Gasteiger partial charge in [-0.05, 0) is 43.0 Å². The molecule has 0 aliphatic rings. The number of hydrogen-bond acceptors (Lipinski definition) is 2. The number of benzene rings is 2. The van der Waals surface area contributed by atoms with Gasteiger partial charge in [-0.2, -0.15) is 0 Å². The van der Waals surface area contributed by atoms with Gasteiger partial charge in [0, 0.05) is 0 Å². The number of phenolic OH excluding ortho intramolecular Hbond substituents is 1. The van der Waals surface area contributed by atoms with Crippen LogP contribution in [0.15, 0.2) is 48.5 Å². The summed E-state index contributed by atoms with van der Waals surface area (Å²) in [7, 11) is 0. The van der Waals surface area contributed by atoms with Crippen molar-refractivity contribution >= 4 is 0 Å². The lowest BCUT2D eigenvalue weighted by Gasteiger charge is -2.11. The number of aliphatic hydroxyl groups is 1. The fraction of sp³-hybridized carbons (Fsp3) is 0.250. The minimum absolute atomic E-state index is 0.256. The first-order valence-electron chi connectivity index (χ1n) is 6.15. The topological polar surface area (TPSA) is 40.5 Å². The molecule has 0 saturated carbocycles. The van der Waals surface area contributed by atoms with Gasteiger partial charge in [0.05, 0.1) is 6.10 Å². The van der Waals surface area contributed by atoms with Gasteiger partial charge < -0.3 is 10.2 Å². The van der Waals surface area contributed by atoms with Crippen LogP contribution in [0.2, 0.25) is 0 Å². The normalized spacial score (nSPS) is 12.3. The van der Waals surface area contributed by atoms with E-state index in [9.17, 15) is 10.2 Å². The van der Waals surface area contributed by atoms with E-state index < -0.39 is 6.10 Å². The zero-order valence-electron chi connectivity index (χ0n) is 10.5. The Morgan fingerprint density at radius 3 is 1.78 bits per heavy atom. The molecule has 0 bridgehead atoms. The Morgan fingerprint density at radius 1 is 0.833 bits per heavy atom. The maximum Gasteiger partial charge on any atom is 0.115 e. The minimum Gasteiger partial charge on any atom is -0.508 e. The summed E-state index contributed by atoms with van der Waals surface area (Å²) in [5, 5.41) is 19.2. The van der Waals surface area contributed by atoms with Gasteiger partial charge in [-0.25, -0.2) is 0 Å². The van der Waals surface area contributed by atoms with Crippen LogP contribution in [0.25, 0.3) is 0 Å². The Hall–Kier alpha value is -1.80. The van der Waals surface area contributed by atoms with Gasteiger partial charge in [-0.3, -0.25) is 0 Å². The quantitative estimate of drug-likeness (QED) is 0.865. The molecule has 18 heavy (non-hydrogen) atoms. The molecule has 2 nitrogen and oxygen atoms in total. The van der Waals surface area contributed by atoms with Crippen LogP contribution in [-0.2, 0) is 12.8 Å². The van der Waals surface area contributed by atoms with Crippen molar-refractivity contribution in [2.75, 3.05) is 0 Å². The van der Waals surface area contributed by atoms with Crippen molar-refractivity contribution in [1.29, 1.82) is 0 Å². The maximum absolute atomic E-state index is 10.0. The highest BCUT2D eigenvalue weighted by Crippen LogP contribution is 2.13. The molecule has 0 aromatic heterocycles. The first-order chi connectivity index (χ1) is 8.63. The predicted molar refractivity (Wildman–Crippen MR) is 72.7 cm³/mol. The molecule has 2 heteroatoms. The fourth-order valence-electron chi connectivity index (χ4n) is 1.97. The Bertz CT molecular complexity index is 438. The lowest BCUT2D eigenvalue weighted by Crippen LogP contribution is -2.13. The van der Waals surface area contributed by atoms with Crippen molar-refractivity contribution in [2.45, 2.75) is 25.9 Å². The molecule has 94 valence electrons. The lowest BCUT2D eigenvalue weighted by atomic mass is 10.0.